The molecule has 2 aliphatic heterocycles. The fourth-order valence-electron chi connectivity index (χ4n) is 4.50. The van der Waals surface area contributed by atoms with Crippen molar-refractivity contribution >= 4 is 23.1 Å². The van der Waals surface area contributed by atoms with Crippen molar-refractivity contribution in [1.29, 1.82) is 0 Å². The van der Waals surface area contributed by atoms with Crippen LogP contribution in [0.3, 0.4) is 0 Å². The molecule has 0 radical (unpaired) electrons. The van der Waals surface area contributed by atoms with E-state index in [1.54, 1.807) is 6.20 Å². The number of aromatic nitrogens is 5. The average molecular weight is 434 g/mol. The van der Waals surface area contributed by atoms with Crippen molar-refractivity contribution in [2.45, 2.75) is 37.5 Å². The number of hydrogen-bond donors (Lipinski definition) is 2. The molecule has 5 rings (SSSR count). The number of aryl methyl sites for hydroxylation is 1. The molecule has 3 aromatic heterocycles. The number of anilines is 2. The van der Waals surface area contributed by atoms with E-state index >= 15 is 0 Å². The number of alkyl halides is 3. The maximum atomic E-state index is 13.2. The molecule has 0 unspecified atom stereocenters. The molecular formula is C19H21F3N8O. The molecule has 2 aliphatic rings. The first-order chi connectivity index (χ1) is 14.8. The number of nitrogens with one attached hydrogen (secondary N) is 2. The Morgan fingerprint density at radius 2 is 2.06 bits per heavy atom. The van der Waals surface area contributed by atoms with E-state index in [2.05, 4.69) is 30.7 Å². The summed E-state index contributed by atoms with van der Waals surface area (Å²) in [6, 6.07) is 2.56. The van der Waals surface area contributed by atoms with Gasteiger partial charge in [0.1, 0.15) is 11.4 Å². The Bertz CT molecular complexity index is 1120. The van der Waals surface area contributed by atoms with Crippen molar-refractivity contribution in [1.82, 2.24) is 29.7 Å². The third kappa shape index (κ3) is 3.50. The van der Waals surface area contributed by atoms with Crippen LogP contribution in [-0.2, 0) is 13.2 Å². The second-order valence-corrected chi connectivity index (χ2v) is 7.91. The smallest absolute Gasteiger partial charge is 0.349 e. The van der Waals surface area contributed by atoms with Crippen LogP contribution in [0.2, 0.25) is 0 Å². The van der Waals surface area contributed by atoms with Crippen molar-refractivity contribution in [2.24, 2.45) is 7.05 Å². The van der Waals surface area contributed by atoms with Gasteiger partial charge in [0.05, 0.1) is 11.9 Å². The van der Waals surface area contributed by atoms with Crippen molar-refractivity contribution in [3.8, 4) is 0 Å². The number of hydrogen-bond acceptors (Lipinski definition) is 6. The summed E-state index contributed by atoms with van der Waals surface area (Å²) in [6.45, 7) is 1.82. The number of carbonyl (C=O) groups is 1. The summed E-state index contributed by atoms with van der Waals surface area (Å²) in [5.41, 5.74) is -1.17. The molecule has 2 bridgehead atoms. The average Bonchev–Trinajstić information content (AvgIpc) is 3.35. The first-order valence-electron chi connectivity index (χ1n) is 10.1. The highest BCUT2D eigenvalue weighted by molar-refractivity contribution is 6.08. The quantitative estimate of drug-likeness (QED) is 0.656. The van der Waals surface area contributed by atoms with Crippen LogP contribution >= 0.6 is 0 Å². The van der Waals surface area contributed by atoms with Crippen molar-refractivity contribution in [3.63, 3.8) is 0 Å². The molecule has 3 aromatic rings. The van der Waals surface area contributed by atoms with Crippen LogP contribution < -0.4 is 15.5 Å². The van der Waals surface area contributed by atoms with E-state index in [0.717, 1.165) is 49.0 Å². The van der Waals surface area contributed by atoms with E-state index < -0.39 is 23.5 Å². The minimum absolute atomic E-state index is 0.0964. The number of amides is 1. The number of fused-ring (bicyclic) bond motifs is 3. The van der Waals surface area contributed by atoms with Gasteiger partial charge in [0, 0.05) is 38.1 Å². The van der Waals surface area contributed by atoms with Gasteiger partial charge in [-0.05, 0) is 31.9 Å². The molecule has 9 nitrogen and oxygen atoms in total. The third-order valence-electron chi connectivity index (χ3n) is 5.86. The second kappa shape index (κ2) is 7.22. The largest absolute Gasteiger partial charge is 0.437 e. The highest BCUT2D eigenvalue weighted by Crippen LogP contribution is 2.34. The van der Waals surface area contributed by atoms with E-state index in [1.165, 1.54) is 17.8 Å². The standard InChI is InChI=1S/C19H21F3N8O/c1-28-10-14(16(27-28)19(20,21)22)25-18(31)13-9-24-29-7-5-15(26-17(13)29)30-11-2-3-12(30)8-23-6-4-11/h5,7,9-12,23H,2-4,6,8H2,1H3,(H,25,31)/t11-,12+/m1/s1. The summed E-state index contributed by atoms with van der Waals surface area (Å²) in [7, 11) is 1.36. The van der Waals surface area contributed by atoms with Gasteiger partial charge in [-0.15, -0.1) is 0 Å². The Labute approximate surface area is 175 Å². The van der Waals surface area contributed by atoms with Crippen LogP contribution in [0.4, 0.5) is 24.7 Å². The Morgan fingerprint density at radius 1 is 1.26 bits per heavy atom. The Hall–Kier alpha value is -3.15. The fourth-order valence-corrected chi connectivity index (χ4v) is 4.50. The van der Waals surface area contributed by atoms with E-state index in [0.29, 0.717) is 17.7 Å². The van der Waals surface area contributed by atoms with Crippen molar-refractivity contribution in [2.75, 3.05) is 23.3 Å². The molecule has 2 atom stereocenters. The highest BCUT2D eigenvalue weighted by Gasteiger charge is 2.38. The lowest BCUT2D eigenvalue weighted by Crippen LogP contribution is -2.38. The predicted molar refractivity (Wildman–Crippen MR) is 106 cm³/mol. The van der Waals surface area contributed by atoms with Gasteiger partial charge in [-0.1, -0.05) is 0 Å². The lowest BCUT2D eigenvalue weighted by atomic mass is 10.1. The number of halogens is 3. The first-order valence-corrected chi connectivity index (χ1v) is 10.1. The Balaban J connectivity index is 1.47. The van der Waals surface area contributed by atoms with E-state index in [4.69, 9.17) is 0 Å². The fraction of sp³-hybridized carbons (Fsp3) is 0.474. The topological polar surface area (TPSA) is 92.4 Å². The molecule has 0 aromatic carbocycles. The number of carbonyl (C=O) groups excluding carboxylic acids is 1. The monoisotopic (exact) mass is 434 g/mol. The predicted octanol–water partition coefficient (Wildman–Crippen LogP) is 2.06. The minimum atomic E-state index is -4.68. The van der Waals surface area contributed by atoms with Gasteiger partial charge >= 0.3 is 6.18 Å². The van der Waals surface area contributed by atoms with Gasteiger partial charge < -0.3 is 15.5 Å². The molecule has 2 N–H and O–H groups in total. The van der Waals surface area contributed by atoms with Crippen molar-refractivity contribution in [3.05, 3.63) is 35.9 Å². The zero-order chi connectivity index (χ0) is 21.8. The zero-order valence-electron chi connectivity index (χ0n) is 16.7. The molecule has 1 amide bonds. The van der Waals surface area contributed by atoms with E-state index in [-0.39, 0.29) is 5.56 Å². The summed E-state index contributed by atoms with van der Waals surface area (Å²) in [4.78, 5) is 19.8. The van der Waals surface area contributed by atoms with Gasteiger partial charge in [0.25, 0.3) is 5.91 Å². The van der Waals surface area contributed by atoms with Gasteiger partial charge in [0.15, 0.2) is 11.3 Å². The summed E-state index contributed by atoms with van der Waals surface area (Å²) in [5.74, 6) is 0.0225. The normalized spacial score (nSPS) is 21.5. The second-order valence-electron chi connectivity index (χ2n) is 7.91. The van der Waals surface area contributed by atoms with Crippen LogP contribution in [0.15, 0.2) is 24.7 Å². The van der Waals surface area contributed by atoms with Crippen LogP contribution in [0, 0.1) is 0 Å². The third-order valence-corrected chi connectivity index (χ3v) is 5.86. The molecule has 5 heterocycles. The molecule has 0 spiro atoms. The summed E-state index contributed by atoms with van der Waals surface area (Å²) in [5, 5.41) is 13.3. The number of nitrogens with zero attached hydrogens (tertiary/aromatic N) is 6. The molecular weight excluding hydrogens is 413 g/mol. The summed E-state index contributed by atoms with van der Waals surface area (Å²) < 4.78 is 42.1. The SMILES string of the molecule is Cn1cc(NC(=O)c2cnn3ccc(N4[C@H]5CCNC[C@@H]4CC5)nc23)c(C(F)(F)F)n1. The molecule has 2 fully saturated rings. The Morgan fingerprint density at radius 3 is 2.87 bits per heavy atom. The Kier molecular flexibility index (Phi) is 4.61. The van der Waals surface area contributed by atoms with Gasteiger partial charge in [0.2, 0.25) is 0 Å². The van der Waals surface area contributed by atoms with Gasteiger partial charge in [-0.2, -0.15) is 23.4 Å². The number of rotatable bonds is 3. The summed E-state index contributed by atoms with van der Waals surface area (Å²) >= 11 is 0. The van der Waals surface area contributed by atoms with Gasteiger partial charge in [-0.3, -0.25) is 9.48 Å². The maximum absolute atomic E-state index is 13.2. The lowest BCUT2D eigenvalue weighted by Gasteiger charge is -2.29. The highest BCUT2D eigenvalue weighted by atomic mass is 19.4. The van der Waals surface area contributed by atoms with E-state index in [1.807, 2.05) is 6.07 Å². The van der Waals surface area contributed by atoms with Crippen LogP contribution in [0.25, 0.3) is 5.65 Å². The summed E-state index contributed by atoms with van der Waals surface area (Å²) in [6.07, 6.45) is 2.63. The molecule has 164 valence electrons. The minimum Gasteiger partial charge on any atom is -0.349 e. The zero-order valence-corrected chi connectivity index (χ0v) is 16.7. The molecule has 2 saturated heterocycles. The van der Waals surface area contributed by atoms with Crippen molar-refractivity contribution < 1.29 is 18.0 Å². The maximum Gasteiger partial charge on any atom is 0.437 e. The molecule has 31 heavy (non-hydrogen) atoms. The molecule has 12 heteroatoms. The van der Waals surface area contributed by atoms with Gasteiger partial charge in [-0.25, -0.2) is 9.50 Å². The molecule has 0 saturated carbocycles. The lowest BCUT2D eigenvalue weighted by molar-refractivity contribution is -0.140. The van der Waals surface area contributed by atoms with Crippen LogP contribution in [-0.4, -0.2) is 55.5 Å². The first kappa shape index (κ1) is 19.8. The molecule has 0 aliphatic carbocycles. The van der Waals surface area contributed by atoms with Crippen LogP contribution in [0.5, 0.6) is 0 Å². The van der Waals surface area contributed by atoms with Crippen LogP contribution in [0.1, 0.15) is 35.3 Å². The van der Waals surface area contributed by atoms with E-state index in [9.17, 15) is 18.0 Å².